The Hall–Kier alpha value is -1.26. The van der Waals surface area contributed by atoms with E-state index in [4.69, 9.17) is 4.74 Å². The van der Waals surface area contributed by atoms with Crippen LogP contribution in [0.25, 0.3) is 0 Å². The number of aliphatic hydroxyl groups is 1. The molecule has 4 bridgehead atoms. The molecule has 0 aromatic heterocycles. The Kier molecular flexibility index (Phi) is 2.77. The van der Waals surface area contributed by atoms with Crippen molar-refractivity contribution < 1.29 is 19.4 Å². The summed E-state index contributed by atoms with van der Waals surface area (Å²) in [7, 11) is 0. The number of rotatable bonds is 0. The normalized spacial score (nSPS) is 56.8. The Labute approximate surface area is 166 Å². The molecule has 4 heteroatoms. The van der Waals surface area contributed by atoms with E-state index in [0.29, 0.717) is 6.61 Å². The van der Waals surface area contributed by atoms with Gasteiger partial charge in [-0.3, -0.25) is 9.59 Å². The van der Waals surface area contributed by atoms with Crippen LogP contribution in [0.5, 0.6) is 0 Å². The minimum Gasteiger partial charge on any atom is -0.390 e. The highest BCUT2D eigenvalue weighted by Crippen LogP contribution is 2.84. The summed E-state index contributed by atoms with van der Waals surface area (Å²) in [6.45, 7) is 13.0. The molecule has 0 aromatic carbocycles. The molecule has 150 valence electrons. The SMILES string of the molecule is C=C1C(=O)[C@@]23[C@@H]4CC(C)(C)C25OC[C@]2(C=CC(=O)C(C)(C)[C@H]2[C@@H]5O)[C@@H]3CC[C@@H]14. The van der Waals surface area contributed by atoms with Gasteiger partial charge in [0.05, 0.1) is 18.1 Å². The van der Waals surface area contributed by atoms with Crippen molar-refractivity contribution in [2.75, 3.05) is 6.61 Å². The van der Waals surface area contributed by atoms with Crippen molar-refractivity contribution in [1.82, 2.24) is 0 Å². The van der Waals surface area contributed by atoms with Crippen LogP contribution in [-0.2, 0) is 14.3 Å². The molecule has 1 N–H and O–H groups in total. The van der Waals surface area contributed by atoms with Crippen LogP contribution in [-0.4, -0.2) is 35.0 Å². The van der Waals surface area contributed by atoms with E-state index in [-0.39, 0.29) is 40.7 Å². The summed E-state index contributed by atoms with van der Waals surface area (Å²) in [6.07, 6.45) is 5.70. The maximum Gasteiger partial charge on any atom is 0.168 e. The first-order valence-electron chi connectivity index (χ1n) is 10.8. The fourth-order valence-corrected chi connectivity index (χ4v) is 9.64. The lowest BCUT2D eigenvalue weighted by molar-refractivity contribution is -0.366. The fourth-order valence-electron chi connectivity index (χ4n) is 9.64. The second kappa shape index (κ2) is 4.41. The molecule has 0 radical (unpaired) electrons. The van der Waals surface area contributed by atoms with Gasteiger partial charge in [-0.1, -0.05) is 40.3 Å². The lowest BCUT2D eigenvalue weighted by Gasteiger charge is -2.74. The average molecular weight is 383 g/mol. The van der Waals surface area contributed by atoms with Crippen LogP contribution in [0.1, 0.15) is 47.0 Å². The van der Waals surface area contributed by atoms with E-state index in [9.17, 15) is 14.7 Å². The van der Waals surface area contributed by atoms with Crippen molar-refractivity contribution in [3.05, 3.63) is 24.3 Å². The number of hydrogen-bond donors (Lipinski definition) is 1. The minimum atomic E-state index is -0.931. The topological polar surface area (TPSA) is 63.6 Å². The first kappa shape index (κ1) is 17.6. The number of aliphatic hydroxyl groups excluding tert-OH is 1. The maximum absolute atomic E-state index is 13.9. The van der Waals surface area contributed by atoms with Gasteiger partial charge in [0, 0.05) is 16.7 Å². The molecular weight excluding hydrogens is 352 g/mol. The molecule has 28 heavy (non-hydrogen) atoms. The number of ketones is 2. The van der Waals surface area contributed by atoms with Gasteiger partial charge < -0.3 is 9.84 Å². The van der Waals surface area contributed by atoms with Crippen molar-refractivity contribution >= 4 is 11.6 Å². The average Bonchev–Trinajstić information content (AvgIpc) is 2.89. The Morgan fingerprint density at radius 2 is 1.89 bits per heavy atom. The highest BCUT2D eigenvalue weighted by molar-refractivity contribution is 6.06. The predicted octanol–water partition coefficient (Wildman–Crippen LogP) is 3.10. The molecule has 4 nitrogen and oxygen atoms in total. The molecule has 0 aromatic rings. The van der Waals surface area contributed by atoms with E-state index in [1.807, 2.05) is 19.9 Å². The molecule has 7 rings (SSSR count). The van der Waals surface area contributed by atoms with Crippen LogP contribution in [0.15, 0.2) is 24.3 Å². The zero-order chi connectivity index (χ0) is 20.1. The van der Waals surface area contributed by atoms with E-state index in [2.05, 4.69) is 20.4 Å². The van der Waals surface area contributed by atoms with Crippen molar-refractivity contribution in [3.8, 4) is 0 Å². The number of ether oxygens (including phenoxy) is 1. The van der Waals surface area contributed by atoms with Crippen molar-refractivity contribution in [1.29, 1.82) is 0 Å². The summed E-state index contributed by atoms with van der Waals surface area (Å²) in [5.74, 6) is 0.523. The second-order valence-electron chi connectivity index (χ2n) is 11.6. The second-order valence-corrected chi connectivity index (χ2v) is 11.6. The molecule has 2 saturated heterocycles. The van der Waals surface area contributed by atoms with Crippen LogP contribution in [0, 0.1) is 45.3 Å². The minimum absolute atomic E-state index is 0.0726. The summed E-state index contributed by atoms with van der Waals surface area (Å²) in [4.78, 5) is 26.8. The maximum atomic E-state index is 13.9. The quantitative estimate of drug-likeness (QED) is 0.654. The molecule has 8 atom stereocenters. The van der Waals surface area contributed by atoms with Crippen LogP contribution < -0.4 is 0 Å². The van der Waals surface area contributed by atoms with Gasteiger partial charge in [0.2, 0.25) is 0 Å². The smallest absolute Gasteiger partial charge is 0.168 e. The molecule has 1 unspecified atom stereocenters. The molecule has 5 aliphatic carbocycles. The third-order valence-electron chi connectivity index (χ3n) is 10.3. The Bertz CT molecular complexity index is 896. The first-order chi connectivity index (χ1) is 13.0. The number of fused-ring (bicyclic) bond motifs is 1. The van der Waals surface area contributed by atoms with Crippen molar-refractivity contribution in [3.63, 3.8) is 0 Å². The summed E-state index contributed by atoms with van der Waals surface area (Å²) in [6, 6.07) is 0. The highest BCUT2D eigenvalue weighted by Gasteiger charge is 2.90. The van der Waals surface area contributed by atoms with E-state index < -0.39 is 27.9 Å². The first-order valence-corrected chi connectivity index (χ1v) is 10.8. The van der Waals surface area contributed by atoms with Gasteiger partial charge in [-0.15, -0.1) is 0 Å². The predicted molar refractivity (Wildman–Crippen MR) is 103 cm³/mol. The van der Waals surface area contributed by atoms with Crippen LogP contribution in [0.3, 0.4) is 0 Å². The van der Waals surface area contributed by atoms with E-state index in [1.165, 1.54) is 0 Å². The van der Waals surface area contributed by atoms with Crippen molar-refractivity contribution in [2.45, 2.75) is 58.7 Å². The van der Waals surface area contributed by atoms with Gasteiger partial charge in [-0.2, -0.15) is 0 Å². The summed E-state index contributed by atoms with van der Waals surface area (Å²) < 4.78 is 6.71. The molecule has 0 amide bonds. The van der Waals surface area contributed by atoms with Crippen LogP contribution >= 0.6 is 0 Å². The molecule has 6 fully saturated rings. The van der Waals surface area contributed by atoms with Gasteiger partial charge >= 0.3 is 0 Å². The van der Waals surface area contributed by atoms with Gasteiger partial charge in [0.15, 0.2) is 11.6 Å². The van der Waals surface area contributed by atoms with E-state index in [1.54, 1.807) is 6.08 Å². The number of carbonyl (C=O) groups is 2. The standard InChI is InChI=1S/C24H30O4/c1-12-13-6-7-15-22-9-8-16(25)21(4,5)17(22)19(27)24(28-11-22)20(2,3)10-14(13)23(15,24)18(12)26/h8-9,13-15,17,19,27H,1,6-7,10-11H2,2-5H3/t13-,14+,15-,17+,19-,22+,23-,24?/m0/s1. The lowest BCUT2D eigenvalue weighted by Crippen LogP contribution is -2.83. The van der Waals surface area contributed by atoms with E-state index >= 15 is 0 Å². The van der Waals surface area contributed by atoms with Gasteiger partial charge in [-0.25, -0.2) is 0 Å². The Balaban J connectivity index is 1.73. The highest BCUT2D eigenvalue weighted by atomic mass is 16.5. The van der Waals surface area contributed by atoms with Gasteiger partial charge in [0.25, 0.3) is 0 Å². The fraction of sp³-hybridized carbons (Fsp3) is 0.750. The Morgan fingerprint density at radius 1 is 1.18 bits per heavy atom. The summed E-state index contributed by atoms with van der Waals surface area (Å²) in [5.41, 5.74) is -2.32. The molecule has 4 saturated carbocycles. The molecular formula is C24H30O4. The number of hydrogen-bond acceptors (Lipinski definition) is 4. The van der Waals surface area contributed by atoms with Gasteiger partial charge in [-0.05, 0) is 54.1 Å². The summed E-state index contributed by atoms with van der Waals surface area (Å²) >= 11 is 0. The third kappa shape index (κ3) is 1.30. The summed E-state index contributed by atoms with van der Waals surface area (Å²) in [5, 5.41) is 12.0. The largest absolute Gasteiger partial charge is 0.390 e. The van der Waals surface area contributed by atoms with Crippen molar-refractivity contribution in [2.24, 2.45) is 45.3 Å². The number of carbonyl (C=O) groups excluding carboxylic acids is 2. The zero-order valence-electron chi connectivity index (χ0n) is 17.2. The van der Waals surface area contributed by atoms with E-state index in [0.717, 1.165) is 24.8 Å². The Morgan fingerprint density at radius 3 is 2.61 bits per heavy atom. The molecule has 3 spiro atoms. The van der Waals surface area contributed by atoms with Gasteiger partial charge in [0.1, 0.15) is 5.60 Å². The molecule has 2 heterocycles. The zero-order valence-corrected chi connectivity index (χ0v) is 17.2. The number of Topliss-reactive ketones (excluding diaryl/α,β-unsaturated/α-hetero) is 1. The third-order valence-corrected chi connectivity index (χ3v) is 10.3. The molecule has 2 aliphatic heterocycles. The monoisotopic (exact) mass is 382 g/mol. The molecule has 7 aliphatic rings. The lowest BCUT2D eigenvalue weighted by atomic mass is 9.34. The van der Waals surface area contributed by atoms with Crippen LogP contribution in [0.4, 0.5) is 0 Å². The van der Waals surface area contributed by atoms with Crippen LogP contribution in [0.2, 0.25) is 0 Å². The number of allylic oxidation sites excluding steroid dienone is 2.